The van der Waals surface area contributed by atoms with Crippen molar-refractivity contribution >= 4 is 44.5 Å². The lowest BCUT2D eigenvalue weighted by atomic mass is 10.1. The fourth-order valence-corrected chi connectivity index (χ4v) is 3.26. The van der Waals surface area contributed by atoms with Crippen molar-refractivity contribution in [3.8, 4) is 0 Å². The van der Waals surface area contributed by atoms with Crippen LogP contribution in [0.2, 0.25) is 0 Å². The lowest BCUT2D eigenvalue weighted by Gasteiger charge is -2.33. The number of amides is 1. The molecule has 0 saturated carbocycles. The van der Waals surface area contributed by atoms with Gasteiger partial charge in [-0.3, -0.25) is 9.69 Å². The maximum atomic E-state index is 12.9. The van der Waals surface area contributed by atoms with E-state index < -0.39 is 0 Å². The summed E-state index contributed by atoms with van der Waals surface area (Å²) in [5, 5.41) is 0. The third kappa shape index (κ3) is 3.09. The van der Waals surface area contributed by atoms with Crippen LogP contribution in [0.1, 0.15) is 5.56 Å². The Morgan fingerprint density at radius 1 is 1.00 bits per heavy atom. The van der Waals surface area contributed by atoms with Crippen LogP contribution in [0.3, 0.4) is 0 Å². The molecule has 4 rings (SSSR count). The van der Waals surface area contributed by atoms with Crippen molar-refractivity contribution in [2.75, 3.05) is 29.9 Å². The molecule has 0 unspecified atom stereocenters. The van der Waals surface area contributed by atoms with E-state index in [2.05, 4.69) is 20.8 Å². The van der Waals surface area contributed by atoms with Crippen LogP contribution >= 0.6 is 15.9 Å². The maximum Gasteiger partial charge on any atom is 0.232 e. The number of fused-ring (bicyclic) bond motifs is 2. The lowest BCUT2D eigenvalue weighted by molar-refractivity contribution is -0.118. The van der Waals surface area contributed by atoms with Crippen LogP contribution < -0.4 is 9.80 Å². The summed E-state index contributed by atoms with van der Waals surface area (Å²) in [7, 11) is 1.98. The van der Waals surface area contributed by atoms with Gasteiger partial charge < -0.3 is 4.90 Å². The first kappa shape index (κ1) is 16.0. The summed E-state index contributed by atoms with van der Waals surface area (Å²) in [5.41, 5.74) is 2.63. The number of aromatic nitrogens is 2. The van der Waals surface area contributed by atoms with Gasteiger partial charge in [-0.05, 0) is 29.8 Å². The van der Waals surface area contributed by atoms with Crippen molar-refractivity contribution in [2.45, 2.75) is 6.42 Å². The summed E-state index contributed by atoms with van der Waals surface area (Å²) in [6.07, 6.45) is 0.352. The summed E-state index contributed by atoms with van der Waals surface area (Å²) in [6, 6.07) is 15.6. The van der Waals surface area contributed by atoms with Gasteiger partial charge >= 0.3 is 0 Å². The molecule has 1 aliphatic rings. The van der Waals surface area contributed by atoms with Gasteiger partial charge in [0, 0.05) is 24.6 Å². The number of carbonyl (C=O) groups excluding carboxylic acids is 1. The number of carbonyl (C=O) groups is 1. The van der Waals surface area contributed by atoms with Crippen LogP contribution in [0.4, 0.5) is 11.6 Å². The van der Waals surface area contributed by atoms with Crippen LogP contribution in [0.15, 0.2) is 53.0 Å². The smallest absolute Gasteiger partial charge is 0.232 e. The number of anilines is 2. The van der Waals surface area contributed by atoms with E-state index in [1.54, 1.807) is 4.90 Å². The summed E-state index contributed by atoms with van der Waals surface area (Å²) in [6.45, 7) is 1.36. The molecule has 0 spiro atoms. The van der Waals surface area contributed by atoms with E-state index in [4.69, 9.17) is 9.97 Å². The van der Waals surface area contributed by atoms with Gasteiger partial charge in [-0.1, -0.05) is 40.2 Å². The van der Waals surface area contributed by atoms with Gasteiger partial charge in [0.2, 0.25) is 5.91 Å². The molecule has 25 heavy (non-hydrogen) atoms. The standard InChI is InChI=1S/C19H17BrN4O/c1-23-10-11-24(17(25)12-13-6-8-14(20)9-7-13)19-18(23)21-15-4-2-3-5-16(15)22-19/h2-9H,10-12H2,1H3. The highest BCUT2D eigenvalue weighted by Gasteiger charge is 2.28. The minimum Gasteiger partial charge on any atom is -0.355 e. The van der Waals surface area contributed by atoms with Crippen molar-refractivity contribution in [3.05, 3.63) is 58.6 Å². The molecule has 5 nitrogen and oxygen atoms in total. The third-order valence-electron chi connectivity index (χ3n) is 4.38. The first-order valence-electron chi connectivity index (χ1n) is 8.14. The largest absolute Gasteiger partial charge is 0.355 e. The number of halogens is 1. The number of para-hydroxylation sites is 2. The van der Waals surface area contributed by atoms with Crippen LogP contribution in [-0.4, -0.2) is 36.0 Å². The summed E-state index contributed by atoms with van der Waals surface area (Å²) >= 11 is 3.42. The SMILES string of the molecule is CN1CCN(C(=O)Cc2ccc(Br)cc2)c2nc3ccccc3nc21. The fourth-order valence-electron chi connectivity index (χ4n) is 3.00. The Bertz CT molecular complexity index is 942. The molecular formula is C19H17BrN4O. The molecule has 0 bridgehead atoms. The minimum absolute atomic E-state index is 0.0428. The van der Waals surface area contributed by atoms with Gasteiger partial charge in [0.25, 0.3) is 0 Å². The highest BCUT2D eigenvalue weighted by Crippen LogP contribution is 2.31. The summed E-state index contributed by atoms with van der Waals surface area (Å²) in [4.78, 5) is 26.1. The first-order chi connectivity index (χ1) is 12.1. The number of benzene rings is 2. The van der Waals surface area contributed by atoms with Crippen LogP contribution in [-0.2, 0) is 11.2 Å². The molecule has 2 aromatic carbocycles. The van der Waals surface area contributed by atoms with Gasteiger partial charge in [-0.15, -0.1) is 0 Å². The predicted molar refractivity (Wildman–Crippen MR) is 103 cm³/mol. The maximum absolute atomic E-state index is 12.9. The van der Waals surface area contributed by atoms with Crippen LogP contribution in [0.25, 0.3) is 11.0 Å². The fraction of sp³-hybridized carbons (Fsp3) is 0.211. The quantitative estimate of drug-likeness (QED) is 0.665. The Hall–Kier alpha value is -2.47. The highest BCUT2D eigenvalue weighted by atomic mass is 79.9. The average molecular weight is 397 g/mol. The third-order valence-corrected chi connectivity index (χ3v) is 4.91. The molecule has 2 heterocycles. The van der Waals surface area contributed by atoms with Gasteiger partial charge in [-0.2, -0.15) is 0 Å². The van der Waals surface area contributed by atoms with Gasteiger partial charge in [0.05, 0.1) is 17.5 Å². The number of nitrogens with zero attached hydrogens (tertiary/aromatic N) is 4. The number of hydrogen-bond donors (Lipinski definition) is 0. The van der Waals surface area contributed by atoms with Gasteiger partial charge in [0.1, 0.15) is 0 Å². The Morgan fingerprint density at radius 3 is 2.32 bits per heavy atom. The number of rotatable bonds is 2. The Balaban J connectivity index is 1.69. The lowest BCUT2D eigenvalue weighted by Crippen LogP contribution is -2.44. The molecule has 0 saturated heterocycles. The molecule has 1 aliphatic heterocycles. The second-order valence-electron chi connectivity index (χ2n) is 6.13. The molecule has 0 N–H and O–H groups in total. The first-order valence-corrected chi connectivity index (χ1v) is 8.94. The minimum atomic E-state index is 0.0428. The van der Waals surface area contributed by atoms with Gasteiger partial charge in [0.15, 0.2) is 11.6 Å². The van der Waals surface area contributed by atoms with Crippen molar-refractivity contribution < 1.29 is 4.79 Å². The van der Waals surface area contributed by atoms with Crippen molar-refractivity contribution in [3.63, 3.8) is 0 Å². The Labute approximate surface area is 154 Å². The zero-order chi connectivity index (χ0) is 17.4. The van der Waals surface area contributed by atoms with Crippen LogP contribution in [0, 0.1) is 0 Å². The number of hydrogen-bond acceptors (Lipinski definition) is 4. The summed E-state index contributed by atoms with van der Waals surface area (Å²) < 4.78 is 1.01. The molecule has 126 valence electrons. The average Bonchev–Trinajstić information content (AvgIpc) is 2.62. The van der Waals surface area contributed by atoms with E-state index in [9.17, 15) is 4.79 Å². The molecule has 6 heteroatoms. The molecule has 1 amide bonds. The molecule has 0 fully saturated rings. The molecule has 0 radical (unpaired) electrons. The Kier molecular flexibility index (Phi) is 4.13. The molecule has 0 aliphatic carbocycles. The molecular weight excluding hydrogens is 380 g/mol. The van der Waals surface area contributed by atoms with Crippen molar-refractivity contribution in [1.82, 2.24) is 9.97 Å². The van der Waals surface area contributed by atoms with E-state index in [0.717, 1.165) is 33.4 Å². The molecule has 3 aromatic rings. The van der Waals surface area contributed by atoms with Crippen molar-refractivity contribution in [1.29, 1.82) is 0 Å². The second-order valence-corrected chi connectivity index (χ2v) is 7.05. The highest BCUT2D eigenvalue weighted by molar-refractivity contribution is 9.10. The van der Waals surface area contributed by atoms with Crippen molar-refractivity contribution in [2.24, 2.45) is 0 Å². The molecule has 1 aromatic heterocycles. The van der Waals surface area contributed by atoms with E-state index in [1.807, 2.05) is 55.6 Å². The van der Waals surface area contributed by atoms with E-state index in [-0.39, 0.29) is 5.91 Å². The normalized spacial score (nSPS) is 13.8. The second kappa shape index (κ2) is 6.44. The van der Waals surface area contributed by atoms with E-state index in [0.29, 0.717) is 18.8 Å². The summed E-state index contributed by atoms with van der Waals surface area (Å²) in [5.74, 6) is 1.45. The Morgan fingerprint density at radius 2 is 1.64 bits per heavy atom. The van der Waals surface area contributed by atoms with E-state index in [1.165, 1.54) is 0 Å². The predicted octanol–water partition coefficient (Wildman–Crippen LogP) is 3.42. The van der Waals surface area contributed by atoms with E-state index >= 15 is 0 Å². The van der Waals surface area contributed by atoms with Gasteiger partial charge in [-0.25, -0.2) is 9.97 Å². The number of likely N-dealkylation sites (N-methyl/N-ethyl adjacent to an activating group) is 1. The monoisotopic (exact) mass is 396 g/mol. The topological polar surface area (TPSA) is 49.3 Å². The molecule has 0 atom stereocenters. The zero-order valence-electron chi connectivity index (χ0n) is 13.8. The zero-order valence-corrected chi connectivity index (χ0v) is 15.4. The van der Waals surface area contributed by atoms with Crippen LogP contribution in [0.5, 0.6) is 0 Å².